The summed E-state index contributed by atoms with van der Waals surface area (Å²) in [5.41, 5.74) is 1.28. The maximum Gasteiger partial charge on any atom is 0.209 e. The van der Waals surface area contributed by atoms with E-state index in [1.54, 1.807) is 12.1 Å². The fraction of sp³-hybridized carbons (Fsp3) is 0.364. The molecule has 0 aliphatic carbocycles. The topological polar surface area (TPSA) is 38.1 Å². The molecule has 0 aliphatic rings. The van der Waals surface area contributed by atoms with Gasteiger partial charge in [-0.15, -0.1) is 0 Å². The lowest BCUT2D eigenvalue weighted by molar-refractivity contribution is 0.473. The number of oxazole rings is 1. The number of benzene rings is 1. The lowest BCUT2D eigenvalue weighted by Gasteiger charge is -2.03. The summed E-state index contributed by atoms with van der Waals surface area (Å²) < 4.78 is 5.54. The molecule has 0 fully saturated rings. The van der Waals surface area contributed by atoms with Crippen LogP contribution in [0.1, 0.15) is 19.7 Å². The van der Waals surface area contributed by atoms with Crippen molar-refractivity contribution in [2.75, 3.05) is 0 Å². The van der Waals surface area contributed by atoms with Crippen LogP contribution in [0.15, 0.2) is 16.5 Å². The van der Waals surface area contributed by atoms with E-state index in [1.807, 2.05) is 0 Å². The van der Waals surface area contributed by atoms with Crippen molar-refractivity contribution >= 4 is 34.3 Å². The summed E-state index contributed by atoms with van der Waals surface area (Å²) in [6.45, 7) is 4.71. The van der Waals surface area contributed by atoms with Crippen LogP contribution >= 0.6 is 23.2 Å². The van der Waals surface area contributed by atoms with Gasteiger partial charge in [0.25, 0.3) is 0 Å². The van der Waals surface area contributed by atoms with Gasteiger partial charge in [-0.3, -0.25) is 0 Å². The summed E-state index contributed by atoms with van der Waals surface area (Å²) in [4.78, 5) is 4.31. The number of hydrogen-bond donors (Lipinski definition) is 1. The minimum atomic E-state index is 0.383. The van der Waals surface area contributed by atoms with E-state index in [-0.39, 0.29) is 0 Å². The standard InChI is InChI=1S/C11H12Cl2N2O/c1-6(2)14-5-10-15-9-4-7(12)3-8(13)11(9)16-10/h3-4,6,14H,5H2,1-2H3. The molecule has 2 aromatic rings. The van der Waals surface area contributed by atoms with Crippen molar-refractivity contribution in [1.29, 1.82) is 0 Å². The molecule has 3 nitrogen and oxygen atoms in total. The molecule has 86 valence electrons. The first-order valence-corrected chi connectivity index (χ1v) is 5.79. The molecule has 1 aromatic heterocycles. The van der Waals surface area contributed by atoms with Crippen LogP contribution in [0.4, 0.5) is 0 Å². The maximum absolute atomic E-state index is 6.00. The fourth-order valence-electron chi connectivity index (χ4n) is 1.37. The van der Waals surface area contributed by atoms with Crippen molar-refractivity contribution in [2.24, 2.45) is 0 Å². The van der Waals surface area contributed by atoms with E-state index in [4.69, 9.17) is 27.6 Å². The third-order valence-corrected chi connectivity index (χ3v) is 2.61. The van der Waals surface area contributed by atoms with Crippen LogP contribution in [0.5, 0.6) is 0 Å². The Morgan fingerprint density at radius 3 is 2.81 bits per heavy atom. The predicted octanol–water partition coefficient (Wildman–Crippen LogP) is 3.63. The van der Waals surface area contributed by atoms with Gasteiger partial charge in [0.05, 0.1) is 11.6 Å². The third kappa shape index (κ3) is 2.48. The van der Waals surface area contributed by atoms with Crippen molar-refractivity contribution in [3.63, 3.8) is 0 Å². The zero-order chi connectivity index (χ0) is 11.7. The second kappa shape index (κ2) is 4.62. The molecule has 0 radical (unpaired) electrons. The van der Waals surface area contributed by atoms with E-state index in [9.17, 15) is 0 Å². The van der Waals surface area contributed by atoms with Crippen molar-refractivity contribution in [3.8, 4) is 0 Å². The number of nitrogens with one attached hydrogen (secondary N) is 1. The Labute approximate surface area is 104 Å². The molecule has 1 N–H and O–H groups in total. The highest BCUT2D eigenvalue weighted by Gasteiger charge is 2.10. The number of hydrogen-bond acceptors (Lipinski definition) is 3. The van der Waals surface area contributed by atoms with E-state index in [1.165, 1.54) is 0 Å². The van der Waals surface area contributed by atoms with Gasteiger partial charge in [0.15, 0.2) is 5.58 Å². The van der Waals surface area contributed by atoms with Gasteiger partial charge in [0.2, 0.25) is 5.89 Å². The molecule has 1 heterocycles. The van der Waals surface area contributed by atoms with Crippen LogP contribution in [0.25, 0.3) is 11.1 Å². The molecule has 16 heavy (non-hydrogen) atoms. The Kier molecular flexibility index (Phi) is 3.38. The first-order valence-electron chi connectivity index (χ1n) is 5.04. The normalized spacial score (nSPS) is 11.6. The van der Waals surface area contributed by atoms with Crippen LogP contribution in [0, 0.1) is 0 Å². The SMILES string of the molecule is CC(C)NCc1nc2cc(Cl)cc(Cl)c2o1. The van der Waals surface area contributed by atoms with E-state index >= 15 is 0 Å². The zero-order valence-electron chi connectivity index (χ0n) is 9.05. The predicted molar refractivity (Wildman–Crippen MR) is 66.0 cm³/mol. The highest BCUT2D eigenvalue weighted by Crippen LogP contribution is 2.28. The van der Waals surface area contributed by atoms with E-state index in [0.29, 0.717) is 39.6 Å². The second-order valence-corrected chi connectivity index (χ2v) is 4.72. The number of aromatic nitrogens is 1. The highest BCUT2D eigenvalue weighted by molar-refractivity contribution is 6.37. The van der Waals surface area contributed by atoms with Gasteiger partial charge in [-0.05, 0) is 12.1 Å². The molecule has 0 unspecified atom stereocenters. The number of fused-ring (bicyclic) bond motifs is 1. The number of halogens is 2. The van der Waals surface area contributed by atoms with Crippen LogP contribution in [0.3, 0.4) is 0 Å². The first kappa shape index (κ1) is 11.7. The Hall–Kier alpha value is -0.770. The van der Waals surface area contributed by atoms with Crippen LogP contribution in [0.2, 0.25) is 10.0 Å². The summed E-state index contributed by atoms with van der Waals surface area (Å²) >= 11 is 11.9. The third-order valence-electron chi connectivity index (χ3n) is 2.12. The smallest absolute Gasteiger partial charge is 0.209 e. The Morgan fingerprint density at radius 1 is 1.38 bits per heavy atom. The Balaban J connectivity index is 2.33. The summed E-state index contributed by atoms with van der Waals surface area (Å²) in [5.74, 6) is 0.618. The van der Waals surface area contributed by atoms with Crippen LogP contribution < -0.4 is 5.32 Å². The van der Waals surface area contributed by atoms with Crippen LogP contribution in [-0.2, 0) is 6.54 Å². The van der Waals surface area contributed by atoms with Gasteiger partial charge < -0.3 is 9.73 Å². The molecular weight excluding hydrogens is 247 g/mol. The molecule has 5 heteroatoms. The molecule has 2 rings (SSSR count). The van der Waals surface area contributed by atoms with Crippen molar-refractivity contribution in [2.45, 2.75) is 26.4 Å². The maximum atomic E-state index is 6.00. The van der Waals surface area contributed by atoms with Gasteiger partial charge in [-0.2, -0.15) is 0 Å². The van der Waals surface area contributed by atoms with Crippen molar-refractivity contribution < 1.29 is 4.42 Å². The average molecular weight is 259 g/mol. The summed E-state index contributed by atoms with van der Waals surface area (Å²) in [5, 5.41) is 4.28. The van der Waals surface area contributed by atoms with Crippen molar-refractivity contribution in [1.82, 2.24) is 10.3 Å². The minimum Gasteiger partial charge on any atom is -0.438 e. The monoisotopic (exact) mass is 258 g/mol. The molecule has 0 spiro atoms. The van der Waals surface area contributed by atoms with Gasteiger partial charge >= 0.3 is 0 Å². The van der Waals surface area contributed by atoms with Gasteiger partial charge in [-0.25, -0.2) is 4.98 Å². The van der Waals surface area contributed by atoms with Gasteiger partial charge in [-0.1, -0.05) is 37.0 Å². The molecule has 0 atom stereocenters. The molecule has 1 aromatic carbocycles. The molecule has 0 aliphatic heterocycles. The van der Waals surface area contributed by atoms with Gasteiger partial charge in [0, 0.05) is 11.1 Å². The lowest BCUT2D eigenvalue weighted by atomic mass is 10.3. The van der Waals surface area contributed by atoms with E-state index < -0.39 is 0 Å². The number of nitrogens with zero attached hydrogens (tertiary/aromatic N) is 1. The Bertz CT molecular complexity index is 508. The summed E-state index contributed by atoms with van der Waals surface area (Å²) in [6, 6.07) is 3.77. The highest BCUT2D eigenvalue weighted by atomic mass is 35.5. The van der Waals surface area contributed by atoms with Crippen molar-refractivity contribution in [3.05, 3.63) is 28.1 Å². The first-order chi connectivity index (χ1) is 7.56. The molecule has 0 saturated heterocycles. The molecular formula is C11H12Cl2N2O. The largest absolute Gasteiger partial charge is 0.438 e. The average Bonchev–Trinajstić information content (AvgIpc) is 2.57. The second-order valence-electron chi connectivity index (χ2n) is 3.88. The molecule has 0 amide bonds. The summed E-state index contributed by atoms with van der Waals surface area (Å²) in [6.07, 6.45) is 0. The van der Waals surface area contributed by atoms with E-state index in [0.717, 1.165) is 0 Å². The fourth-order valence-corrected chi connectivity index (χ4v) is 1.89. The zero-order valence-corrected chi connectivity index (χ0v) is 10.6. The molecule has 0 bridgehead atoms. The lowest BCUT2D eigenvalue weighted by Crippen LogP contribution is -2.21. The van der Waals surface area contributed by atoms with Crippen LogP contribution in [-0.4, -0.2) is 11.0 Å². The quantitative estimate of drug-likeness (QED) is 0.914. The van der Waals surface area contributed by atoms with Gasteiger partial charge in [0.1, 0.15) is 5.52 Å². The summed E-state index contributed by atoms with van der Waals surface area (Å²) in [7, 11) is 0. The number of rotatable bonds is 3. The molecule has 0 saturated carbocycles. The van der Waals surface area contributed by atoms with E-state index in [2.05, 4.69) is 24.1 Å². The Morgan fingerprint density at radius 2 is 2.12 bits per heavy atom. The minimum absolute atomic E-state index is 0.383.